The zero-order valence-corrected chi connectivity index (χ0v) is 15.4. The number of thiophene rings is 1. The quantitative estimate of drug-likeness (QED) is 0.890. The highest BCUT2D eigenvalue weighted by atomic mass is 32.1. The lowest BCUT2D eigenvalue weighted by atomic mass is 9.96. The van der Waals surface area contributed by atoms with E-state index in [-0.39, 0.29) is 5.91 Å². The lowest BCUT2D eigenvalue weighted by Crippen LogP contribution is -2.38. The van der Waals surface area contributed by atoms with Gasteiger partial charge in [0.2, 0.25) is 0 Å². The first-order valence-corrected chi connectivity index (χ1v) is 9.65. The number of hydrogen-bond acceptors (Lipinski definition) is 3. The normalized spacial score (nSPS) is 16.2. The van der Waals surface area contributed by atoms with Gasteiger partial charge in [-0.15, -0.1) is 0 Å². The van der Waals surface area contributed by atoms with Crippen molar-refractivity contribution in [3.8, 4) is 0 Å². The Bertz CT molecular complexity index is 673. The molecule has 1 N–H and O–H groups in total. The molecule has 1 aromatic carbocycles. The molecule has 0 unspecified atom stereocenters. The third-order valence-corrected chi connectivity index (χ3v) is 5.75. The van der Waals surface area contributed by atoms with E-state index in [1.54, 1.807) is 11.3 Å². The van der Waals surface area contributed by atoms with Crippen LogP contribution in [0, 0.1) is 19.8 Å². The molecular formula is C20H26N2OS. The Hall–Kier alpha value is -1.65. The van der Waals surface area contributed by atoms with Crippen LogP contribution in [0.15, 0.2) is 35.0 Å². The van der Waals surface area contributed by atoms with E-state index in [1.807, 2.05) is 18.2 Å². The fourth-order valence-electron chi connectivity index (χ4n) is 3.21. The molecule has 3 rings (SSSR count). The van der Waals surface area contributed by atoms with Crippen LogP contribution in [-0.2, 0) is 6.54 Å². The van der Waals surface area contributed by atoms with E-state index in [0.717, 1.165) is 44.6 Å². The smallest absolute Gasteiger partial charge is 0.251 e. The molecule has 0 aliphatic carbocycles. The number of nitrogens with one attached hydrogen (secondary N) is 1. The van der Waals surface area contributed by atoms with Crippen LogP contribution in [0.2, 0.25) is 0 Å². The van der Waals surface area contributed by atoms with Crippen LogP contribution in [0.4, 0.5) is 0 Å². The maximum absolute atomic E-state index is 12.3. The number of hydrogen-bond donors (Lipinski definition) is 1. The molecule has 1 aromatic heterocycles. The zero-order chi connectivity index (χ0) is 16.9. The summed E-state index contributed by atoms with van der Waals surface area (Å²) >= 11 is 1.77. The van der Waals surface area contributed by atoms with Gasteiger partial charge in [-0.05, 0) is 91.3 Å². The van der Waals surface area contributed by atoms with Crippen molar-refractivity contribution in [3.63, 3.8) is 0 Å². The minimum absolute atomic E-state index is 0.0544. The number of carbonyl (C=O) groups excluding carboxylic acids is 1. The van der Waals surface area contributed by atoms with Gasteiger partial charge < -0.3 is 5.32 Å². The monoisotopic (exact) mass is 342 g/mol. The summed E-state index contributed by atoms with van der Waals surface area (Å²) in [4.78, 5) is 14.8. The molecule has 1 fully saturated rings. The Morgan fingerprint density at radius 2 is 2.00 bits per heavy atom. The second kappa shape index (κ2) is 7.95. The second-order valence-corrected chi connectivity index (χ2v) is 7.64. The molecule has 1 saturated heterocycles. The Balaban J connectivity index is 1.43. The molecule has 3 nitrogen and oxygen atoms in total. The summed E-state index contributed by atoms with van der Waals surface area (Å²) < 4.78 is 0. The standard InChI is InChI=1S/C20H26N2OS/c1-15-3-4-19(11-16(15)2)20(23)21-12-17-5-8-22(9-6-17)13-18-7-10-24-14-18/h3-4,7,10-11,14,17H,5-6,8-9,12-13H2,1-2H3,(H,21,23). The van der Waals surface area contributed by atoms with Gasteiger partial charge in [0.1, 0.15) is 0 Å². The number of amides is 1. The highest BCUT2D eigenvalue weighted by Crippen LogP contribution is 2.19. The molecule has 0 atom stereocenters. The molecule has 0 saturated carbocycles. The van der Waals surface area contributed by atoms with Crippen molar-refractivity contribution in [1.29, 1.82) is 0 Å². The second-order valence-electron chi connectivity index (χ2n) is 6.86. The summed E-state index contributed by atoms with van der Waals surface area (Å²) in [5.41, 5.74) is 4.59. The van der Waals surface area contributed by atoms with Crippen molar-refractivity contribution in [2.45, 2.75) is 33.2 Å². The van der Waals surface area contributed by atoms with Crippen LogP contribution in [0.25, 0.3) is 0 Å². The van der Waals surface area contributed by atoms with Crippen molar-refractivity contribution in [1.82, 2.24) is 10.2 Å². The highest BCUT2D eigenvalue weighted by molar-refractivity contribution is 7.07. The van der Waals surface area contributed by atoms with Gasteiger partial charge in [0.15, 0.2) is 0 Å². The number of aryl methyl sites for hydroxylation is 2. The molecule has 1 aliphatic heterocycles. The van der Waals surface area contributed by atoms with Crippen molar-refractivity contribution >= 4 is 17.2 Å². The molecular weight excluding hydrogens is 316 g/mol. The predicted octanol–water partition coefficient (Wildman–Crippen LogP) is 4.01. The minimum atomic E-state index is 0.0544. The summed E-state index contributed by atoms with van der Waals surface area (Å²) in [7, 11) is 0. The molecule has 2 aromatic rings. The topological polar surface area (TPSA) is 32.3 Å². The third-order valence-electron chi connectivity index (χ3n) is 5.01. The van der Waals surface area contributed by atoms with Crippen LogP contribution >= 0.6 is 11.3 Å². The number of carbonyl (C=O) groups is 1. The van der Waals surface area contributed by atoms with Gasteiger partial charge in [0.05, 0.1) is 0 Å². The Morgan fingerprint density at radius 1 is 1.21 bits per heavy atom. The first-order valence-electron chi connectivity index (χ1n) is 8.70. The molecule has 0 spiro atoms. The SMILES string of the molecule is Cc1ccc(C(=O)NCC2CCN(Cc3ccsc3)CC2)cc1C. The van der Waals surface area contributed by atoms with E-state index in [9.17, 15) is 4.79 Å². The van der Waals surface area contributed by atoms with Gasteiger partial charge in [-0.3, -0.25) is 9.69 Å². The average molecular weight is 343 g/mol. The van der Waals surface area contributed by atoms with Crippen LogP contribution in [0.1, 0.15) is 39.9 Å². The Kier molecular flexibility index (Phi) is 5.69. The van der Waals surface area contributed by atoms with Crippen molar-refractivity contribution < 1.29 is 4.79 Å². The summed E-state index contributed by atoms with van der Waals surface area (Å²) in [5.74, 6) is 0.651. The van der Waals surface area contributed by atoms with Gasteiger partial charge in [-0.25, -0.2) is 0 Å². The molecule has 4 heteroatoms. The maximum Gasteiger partial charge on any atom is 0.251 e. The van der Waals surface area contributed by atoms with Gasteiger partial charge >= 0.3 is 0 Å². The first-order chi connectivity index (χ1) is 11.6. The van der Waals surface area contributed by atoms with Crippen molar-refractivity contribution in [3.05, 3.63) is 57.3 Å². The van der Waals surface area contributed by atoms with E-state index in [4.69, 9.17) is 0 Å². The summed E-state index contributed by atoms with van der Waals surface area (Å²) in [5, 5.41) is 7.50. The van der Waals surface area contributed by atoms with E-state index in [1.165, 1.54) is 16.7 Å². The molecule has 2 heterocycles. The van der Waals surface area contributed by atoms with Crippen LogP contribution in [-0.4, -0.2) is 30.4 Å². The summed E-state index contributed by atoms with van der Waals surface area (Å²) in [6.07, 6.45) is 2.33. The number of nitrogens with zero attached hydrogens (tertiary/aromatic N) is 1. The van der Waals surface area contributed by atoms with E-state index in [0.29, 0.717) is 5.92 Å². The van der Waals surface area contributed by atoms with Crippen LogP contribution in [0.3, 0.4) is 0 Å². The lowest BCUT2D eigenvalue weighted by molar-refractivity contribution is 0.0935. The molecule has 1 amide bonds. The molecule has 1 aliphatic rings. The average Bonchev–Trinajstić information content (AvgIpc) is 3.09. The fourth-order valence-corrected chi connectivity index (χ4v) is 3.87. The van der Waals surface area contributed by atoms with Crippen LogP contribution in [0.5, 0.6) is 0 Å². The minimum Gasteiger partial charge on any atom is -0.352 e. The predicted molar refractivity (Wildman–Crippen MR) is 101 cm³/mol. The number of piperidine rings is 1. The lowest BCUT2D eigenvalue weighted by Gasteiger charge is -2.31. The highest BCUT2D eigenvalue weighted by Gasteiger charge is 2.20. The van der Waals surface area contributed by atoms with E-state index in [2.05, 4.69) is 40.9 Å². The molecule has 0 bridgehead atoms. The van der Waals surface area contributed by atoms with E-state index < -0.39 is 0 Å². The van der Waals surface area contributed by atoms with Gasteiger partial charge in [-0.1, -0.05) is 6.07 Å². The van der Waals surface area contributed by atoms with Crippen LogP contribution < -0.4 is 5.32 Å². The number of benzene rings is 1. The summed E-state index contributed by atoms with van der Waals surface area (Å²) in [6.45, 7) is 8.22. The molecule has 128 valence electrons. The number of rotatable bonds is 5. The first kappa shape index (κ1) is 17.2. The third kappa shape index (κ3) is 4.46. The van der Waals surface area contributed by atoms with Crippen molar-refractivity contribution in [2.24, 2.45) is 5.92 Å². The maximum atomic E-state index is 12.3. The van der Waals surface area contributed by atoms with Crippen molar-refractivity contribution in [2.75, 3.05) is 19.6 Å². The Labute approximate surface area is 148 Å². The molecule has 24 heavy (non-hydrogen) atoms. The Morgan fingerprint density at radius 3 is 2.67 bits per heavy atom. The van der Waals surface area contributed by atoms with Gasteiger partial charge in [0, 0.05) is 18.7 Å². The zero-order valence-electron chi connectivity index (χ0n) is 14.5. The van der Waals surface area contributed by atoms with E-state index >= 15 is 0 Å². The van der Waals surface area contributed by atoms with Gasteiger partial charge in [-0.2, -0.15) is 11.3 Å². The number of likely N-dealkylation sites (tertiary alicyclic amines) is 1. The summed E-state index contributed by atoms with van der Waals surface area (Å²) in [6, 6.07) is 8.13. The van der Waals surface area contributed by atoms with Gasteiger partial charge in [0.25, 0.3) is 5.91 Å². The fraction of sp³-hybridized carbons (Fsp3) is 0.450. The largest absolute Gasteiger partial charge is 0.352 e. The molecule has 0 radical (unpaired) electrons.